The summed E-state index contributed by atoms with van der Waals surface area (Å²) in [4.78, 5) is 18.1. The average molecular weight is 232 g/mol. The van der Waals surface area contributed by atoms with Gasteiger partial charge in [-0.05, 0) is 0 Å². The van der Waals surface area contributed by atoms with Gasteiger partial charge < -0.3 is 15.2 Å². The molecule has 0 aromatic carbocycles. The van der Waals surface area contributed by atoms with Gasteiger partial charge in [-0.15, -0.1) is 0 Å². The molecule has 0 atom stereocenters. The molecule has 2 aromatic rings. The van der Waals surface area contributed by atoms with Gasteiger partial charge in [0.15, 0.2) is 0 Å². The van der Waals surface area contributed by atoms with Crippen LogP contribution in [0.2, 0.25) is 0 Å². The van der Waals surface area contributed by atoms with Gasteiger partial charge in [0, 0.05) is 25.5 Å². The fraction of sp³-hybridized carbons (Fsp3) is 0.300. The SMILES string of the molecule is Nc1[nH]ncc1C(=O)N1CCn2ccnc2C1. The number of aromatic nitrogens is 4. The third-order valence-electron chi connectivity index (χ3n) is 2.93. The Morgan fingerprint density at radius 3 is 3.12 bits per heavy atom. The summed E-state index contributed by atoms with van der Waals surface area (Å²) in [6.07, 6.45) is 5.12. The van der Waals surface area contributed by atoms with Crippen molar-refractivity contribution in [1.82, 2.24) is 24.6 Å². The monoisotopic (exact) mass is 232 g/mol. The second-order valence-corrected chi connectivity index (χ2v) is 3.96. The number of nitrogens with one attached hydrogen (secondary N) is 1. The van der Waals surface area contributed by atoms with Crippen LogP contribution in [-0.4, -0.2) is 37.1 Å². The van der Waals surface area contributed by atoms with Crippen LogP contribution in [-0.2, 0) is 13.1 Å². The van der Waals surface area contributed by atoms with Gasteiger partial charge in [0.05, 0.1) is 12.7 Å². The molecule has 0 bridgehead atoms. The predicted molar refractivity (Wildman–Crippen MR) is 60.0 cm³/mol. The van der Waals surface area contributed by atoms with Crippen molar-refractivity contribution in [2.45, 2.75) is 13.1 Å². The van der Waals surface area contributed by atoms with Crippen molar-refractivity contribution in [1.29, 1.82) is 0 Å². The lowest BCUT2D eigenvalue weighted by Gasteiger charge is -2.27. The molecule has 0 radical (unpaired) electrons. The highest BCUT2D eigenvalue weighted by atomic mass is 16.2. The standard InChI is InChI=1S/C10H12N6O/c11-9-7(5-13-14-9)10(17)16-4-3-15-2-1-12-8(15)6-16/h1-2,5H,3-4,6H2,(H3,11,13,14). The Labute approximate surface area is 97.2 Å². The molecule has 1 amide bonds. The van der Waals surface area contributed by atoms with Gasteiger partial charge in [0.2, 0.25) is 0 Å². The highest BCUT2D eigenvalue weighted by molar-refractivity contribution is 5.98. The van der Waals surface area contributed by atoms with Crippen LogP contribution in [0.15, 0.2) is 18.6 Å². The van der Waals surface area contributed by atoms with E-state index >= 15 is 0 Å². The van der Waals surface area contributed by atoms with Crippen molar-refractivity contribution >= 4 is 11.7 Å². The van der Waals surface area contributed by atoms with Gasteiger partial charge in [0.1, 0.15) is 17.2 Å². The molecule has 3 N–H and O–H groups in total. The largest absolute Gasteiger partial charge is 0.383 e. The summed E-state index contributed by atoms with van der Waals surface area (Å²) in [6.45, 7) is 1.93. The van der Waals surface area contributed by atoms with Gasteiger partial charge in [-0.3, -0.25) is 9.89 Å². The van der Waals surface area contributed by atoms with E-state index in [1.165, 1.54) is 6.20 Å². The first-order chi connectivity index (χ1) is 8.25. The zero-order chi connectivity index (χ0) is 11.8. The number of carbonyl (C=O) groups is 1. The van der Waals surface area contributed by atoms with Crippen molar-refractivity contribution in [3.05, 3.63) is 30.0 Å². The minimum Gasteiger partial charge on any atom is -0.383 e. The quantitative estimate of drug-likeness (QED) is 0.714. The van der Waals surface area contributed by atoms with E-state index in [4.69, 9.17) is 5.73 Å². The van der Waals surface area contributed by atoms with Crippen LogP contribution in [0.25, 0.3) is 0 Å². The van der Waals surface area contributed by atoms with Gasteiger partial charge >= 0.3 is 0 Å². The van der Waals surface area contributed by atoms with Crippen LogP contribution < -0.4 is 5.73 Å². The number of aromatic amines is 1. The second kappa shape index (κ2) is 3.62. The molecule has 0 saturated carbocycles. The molecule has 17 heavy (non-hydrogen) atoms. The number of H-pyrrole nitrogens is 1. The summed E-state index contributed by atoms with van der Waals surface area (Å²) in [5.74, 6) is 1.10. The van der Waals surface area contributed by atoms with Crippen LogP contribution in [0.4, 0.5) is 5.82 Å². The van der Waals surface area contributed by atoms with Crippen LogP contribution >= 0.6 is 0 Å². The summed E-state index contributed by atoms with van der Waals surface area (Å²) in [5.41, 5.74) is 6.06. The molecule has 88 valence electrons. The van der Waals surface area contributed by atoms with Crippen LogP contribution in [0, 0.1) is 0 Å². The van der Waals surface area contributed by atoms with Crippen molar-refractivity contribution in [3.8, 4) is 0 Å². The number of nitrogens with two attached hydrogens (primary N) is 1. The third-order valence-corrected chi connectivity index (χ3v) is 2.93. The Hall–Kier alpha value is -2.31. The molecular weight excluding hydrogens is 220 g/mol. The fourth-order valence-corrected chi connectivity index (χ4v) is 1.98. The Morgan fingerprint density at radius 2 is 2.35 bits per heavy atom. The first-order valence-corrected chi connectivity index (χ1v) is 5.34. The maximum Gasteiger partial charge on any atom is 0.259 e. The maximum absolute atomic E-state index is 12.2. The topological polar surface area (TPSA) is 92.8 Å². The number of carbonyl (C=O) groups excluding carboxylic acids is 1. The number of nitrogens with zero attached hydrogens (tertiary/aromatic N) is 4. The fourth-order valence-electron chi connectivity index (χ4n) is 1.98. The van der Waals surface area contributed by atoms with E-state index in [0.717, 1.165) is 12.4 Å². The molecule has 1 aliphatic heterocycles. The van der Waals surface area contributed by atoms with Gasteiger partial charge in [-0.25, -0.2) is 4.98 Å². The van der Waals surface area contributed by atoms with E-state index in [2.05, 4.69) is 15.2 Å². The molecule has 0 saturated heterocycles. The van der Waals surface area contributed by atoms with Crippen molar-refractivity contribution in [3.63, 3.8) is 0 Å². The molecule has 7 nitrogen and oxygen atoms in total. The van der Waals surface area contributed by atoms with Crippen LogP contribution in [0.5, 0.6) is 0 Å². The zero-order valence-corrected chi connectivity index (χ0v) is 9.13. The zero-order valence-electron chi connectivity index (χ0n) is 9.13. The average Bonchev–Trinajstić information content (AvgIpc) is 2.95. The number of fused-ring (bicyclic) bond motifs is 1. The van der Waals surface area contributed by atoms with Crippen molar-refractivity contribution in [2.75, 3.05) is 12.3 Å². The third kappa shape index (κ3) is 1.55. The Bertz CT molecular complexity index is 557. The molecule has 1 aliphatic rings. The second-order valence-electron chi connectivity index (χ2n) is 3.96. The van der Waals surface area contributed by atoms with Crippen molar-refractivity contribution in [2.24, 2.45) is 0 Å². The van der Waals surface area contributed by atoms with E-state index in [-0.39, 0.29) is 5.91 Å². The number of anilines is 1. The Balaban J connectivity index is 1.84. The molecule has 0 unspecified atom stereocenters. The lowest BCUT2D eigenvalue weighted by Crippen LogP contribution is -2.38. The van der Waals surface area contributed by atoms with Gasteiger partial charge in [0.25, 0.3) is 5.91 Å². The van der Waals surface area contributed by atoms with E-state index in [9.17, 15) is 4.79 Å². The number of rotatable bonds is 1. The van der Waals surface area contributed by atoms with E-state index in [1.54, 1.807) is 11.1 Å². The molecule has 0 fully saturated rings. The number of nitrogen functional groups attached to an aromatic ring is 1. The number of hydrogen-bond donors (Lipinski definition) is 2. The summed E-state index contributed by atoms with van der Waals surface area (Å²) in [7, 11) is 0. The first-order valence-electron chi connectivity index (χ1n) is 5.34. The first kappa shape index (κ1) is 9.88. The normalized spacial score (nSPS) is 14.7. The predicted octanol–water partition coefficient (Wildman–Crippen LogP) is -0.156. The van der Waals surface area contributed by atoms with Gasteiger partial charge in [-0.1, -0.05) is 0 Å². The van der Waals surface area contributed by atoms with E-state index < -0.39 is 0 Å². The summed E-state index contributed by atoms with van der Waals surface area (Å²) in [6, 6.07) is 0. The molecule has 2 aromatic heterocycles. The Kier molecular flexibility index (Phi) is 2.10. The summed E-state index contributed by atoms with van der Waals surface area (Å²) in [5, 5.41) is 6.32. The maximum atomic E-state index is 12.2. The van der Waals surface area contributed by atoms with E-state index in [1.807, 2.05) is 10.8 Å². The minimum atomic E-state index is -0.106. The molecule has 0 spiro atoms. The number of amides is 1. The van der Waals surface area contributed by atoms with Crippen molar-refractivity contribution < 1.29 is 4.79 Å². The highest BCUT2D eigenvalue weighted by Crippen LogP contribution is 2.16. The number of imidazole rings is 1. The summed E-state index contributed by atoms with van der Waals surface area (Å²) < 4.78 is 2.04. The highest BCUT2D eigenvalue weighted by Gasteiger charge is 2.24. The molecule has 3 rings (SSSR count). The molecule has 0 aliphatic carbocycles. The lowest BCUT2D eigenvalue weighted by molar-refractivity contribution is 0.0708. The van der Waals surface area contributed by atoms with Crippen LogP contribution in [0.1, 0.15) is 16.2 Å². The number of hydrogen-bond acceptors (Lipinski definition) is 4. The Morgan fingerprint density at radius 1 is 1.47 bits per heavy atom. The van der Waals surface area contributed by atoms with Gasteiger partial charge in [-0.2, -0.15) is 5.10 Å². The molecular formula is C10H12N6O. The molecule has 3 heterocycles. The molecule has 7 heteroatoms. The smallest absolute Gasteiger partial charge is 0.259 e. The summed E-state index contributed by atoms with van der Waals surface area (Å²) >= 11 is 0. The lowest BCUT2D eigenvalue weighted by atomic mass is 10.2. The minimum absolute atomic E-state index is 0.106. The van der Waals surface area contributed by atoms with E-state index in [0.29, 0.717) is 24.5 Å². The van der Waals surface area contributed by atoms with Crippen LogP contribution in [0.3, 0.4) is 0 Å².